The van der Waals surface area contributed by atoms with E-state index in [1.165, 1.54) is 11.3 Å². The summed E-state index contributed by atoms with van der Waals surface area (Å²) < 4.78 is 6.00. The van der Waals surface area contributed by atoms with Gasteiger partial charge in [0.25, 0.3) is 0 Å². The molecule has 0 aromatic carbocycles. The Balaban J connectivity index is 2.03. The first-order valence-corrected chi connectivity index (χ1v) is 7.02. The number of hydrogen-bond donors (Lipinski definition) is 2. The van der Waals surface area contributed by atoms with Crippen molar-refractivity contribution in [3.05, 3.63) is 21.3 Å². The number of carbonyl (C=O) groups excluding carboxylic acids is 1. The average Bonchev–Trinajstić information content (AvgIpc) is 2.87. The smallest absolute Gasteiger partial charge is 0.230 e. The Kier molecular flexibility index (Phi) is 3.96. The number of thiophene rings is 1. The van der Waals surface area contributed by atoms with Crippen molar-refractivity contribution >= 4 is 28.8 Å². The van der Waals surface area contributed by atoms with E-state index in [0.29, 0.717) is 13.2 Å². The van der Waals surface area contributed by atoms with E-state index in [2.05, 4.69) is 5.32 Å². The molecule has 1 fully saturated rings. The molecule has 0 radical (unpaired) electrons. The maximum Gasteiger partial charge on any atom is 0.230 e. The van der Waals surface area contributed by atoms with Crippen LogP contribution in [0.3, 0.4) is 0 Å². The van der Waals surface area contributed by atoms with Crippen LogP contribution in [0.2, 0.25) is 4.34 Å². The SMILES string of the molecule is CC(NC(=O)C1(C)COCC1N)c1ccc(Cl)s1. The molecule has 4 nitrogen and oxygen atoms in total. The van der Waals surface area contributed by atoms with Gasteiger partial charge in [-0.25, -0.2) is 0 Å². The highest BCUT2D eigenvalue weighted by atomic mass is 35.5. The van der Waals surface area contributed by atoms with Gasteiger partial charge in [-0.2, -0.15) is 0 Å². The zero-order valence-electron chi connectivity index (χ0n) is 10.4. The molecule has 1 aliphatic rings. The van der Waals surface area contributed by atoms with Crippen molar-refractivity contribution in [2.24, 2.45) is 11.1 Å². The summed E-state index contributed by atoms with van der Waals surface area (Å²) in [5, 5.41) is 2.98. The van der Waals surface area contributed by atoms with Crippen LogP contribution in [0.5, 0.6) is 0 Å². The maximum atomic E-state index is 12.3. The number of nitrogens with one attached hydrogen (secondary N) is 1. The third-order valence-corrected chi connectivity index (χ3v) is 4.82. The van der Waals surface area contributed by atoms with Crippen LogP contribution < -0.4 is 11.1 Å². The molecule has 2 heterocycles. The molecule has 1 saturated heterocycles. The van der Waals surface area contributed by atoms with Crippen LogP contribution in [-0.4, -0.2) is 25.2 Å². The molecule has 1 amide bonds. The lowest BCUT2D eigenvalue weighted by molar-refractivity contribution is -0.131. The number of amides is 1. The van der Waals surface area contributed by atoms with Gasteiger partial charge in [-0.15, -0.1) is 11.3 Å². The van der Waals surface area contributed by atoms with E-state index in [1.54, 1.807) is 0 Å². The predicted molar refractivity (Wildman–Crippen MR) is 72.8 cm³/mol. The Morgan fingerprint density at radius 2 is 2.44 bits per heavy atom. The van der Waals surface area contributed by atoms with Crippen LogP contribution >= 0.6 is 22.9 Å². The van der Waals surface area contributed by atoms with Gasteiger partial charge < -0.3 is 15.8 Å². The van der Waals surface area contributed by atoms with Crippen molar-refractivity contribution < 1.29 is 9.53 Å². The summed E-state index contributed by atoms with van der Waals surface area (Å²) >= 11 is 7.35. The molecule has 6 heteroatoms. The number of hydrogen-bond acceptors (Lipinski definition) is 4. The summed E-state index contributed by atoms with van der Waals surface area (Å²) in [4.78, 5) is 13.3. The van der Waals surface area contributed by atoms with Crippen molar-refractivity contribution in [3.8, 4) is 0 Å². The molecule has 3 unspecified atom stereocenters. The van der Waals surface area contributed by atoms with Crippen LogP contribution in [0.15, 0.2) is 12.1 Å². The molecule has 3 N–H and O–H groups in total. The van der Waals surface area contributed by atoms with Gasteiger partial charge in [-0.1, -0.05) is 11.6 Å². The second-order valence-electron chi connectivity index (χ2n) is 4.88. The highest BCUT2D eigenvalue weighted by Gasteiger charge is 2.44. The minimum atomic E-state index is -0.644. The fourth-order valence-electron chi connectivity index (χ4n) is 1.92. The fraction of sp³-hybridized carbons (Fsp3) is 0.583. The lowest BCUT2D eigenvalue weighted by atomic mass is 9.84. The van der Waals surface area contributed by atoms with E-state index in [1.807, 2.05) is 26.0 Å². The summed E-state index contributed by atoms with van der Waals surface area (Å²) in [6, 6.07) is 3.43. The molecule has 0 spiro atoms. The first kappa shape index (κ1) is 13.8. The first-order valence-electron chi connectivity index (χ1n) is 5.83. The fourth-order valence-corrected chi connectivity index (χ4v) is 2.98. The van der Waals surface area contributed by atoms with Gasteiger partial charge in [0, 0.05) is 10.9 Å². The van der Waals surface area contributed by atoms with Crippen molar-refractivity contribution in [2.75, 3.05) is 13.2 Å². The minimum Gasteiger partial charge on any atom is -0.379 e. The summed E-state index contributed by atoms with van der Waals surface area (Å²) in [7, 11) is 0. The molecule has 100 valence electrons. The first-order chi connectivity index (χ1) is 8.43. The molecular weight excluding hydrogens is 272 g/mol. The molecule has 18 heavy (non-hydrogen) atoms. The number of halogens is 1. The normalized spacial score (nSPS) is 29.2. The molecule has 0 saturated carbocycles. The predicted octanol–water partition coefficient (Wildman–Crippen LogP) is 1.94. The molecular formula is C12H17ClN2O2S. The number of carbonyl (C=O) groups is 1. The molecule has 1 aliphatic heterocycles. The Morgan fingerprint density at radius 3 is 2.94 bits per heavy atom. The average molecular weight is 289 g/mol. The van der Waals surface area contributed by atoms with Gasteiger partial charge >= 0.3 is 0 Å². The highest BCUT2D eigenvalue weighted by Crippen LogP contribution is 2.30. The van der Waals surface area contributed by atoms with Crippen LogP contribution in [0.4, 0.5) is 0 Å². The molecule has 2 rings (SSSR count). The van der Waals surface area contributed by atoms with Crippen molar-refractivity contribution in [2.45, 2.75) is 25.9 Å². The minimum absolute atomic E-state index is 0.0653. The molecule has 3 atom stereocenters. The Morgan fingerprint density at radius 1 is 1.72 bits per heavy atom. The van der Waals surface area contributed by atoms with E-state index in [0.717, 1.165) is 9.21 Å². The molecule has 1 aromatic heterocycles. The number of nitrogens with two attached hydrogens (primary N) is 1. The molecule has 1 aromatic rings. The van der Waals surface area contributed by atoms with E-state index in [4.69, 9.17) is 22.1 Å². The van der Waals surface area contributed by atoms with Crippen LogP contribution in [0.1, 0.15) is 24.8 Å². The van der Waals surface area contributed by atoms with Gasteiger partial charge in [-0.05, 0) is 26.0 Å². The van der Waals surface area contributed by atoms with E-state index in [-0.39, 0.29) is 18.0 Å². The second kappa shape index (κ2) is 5.17. The monoisotopic (exact) mass is 288 g/mol. The lowest BCUT2D eigenvalue weighted by Crippen LogP contribution is -2.50. The van der Waals surface area contributed by atoms with Crippen LogP contribution in [0.25, 0.3) is 0 Å². The van der Waals surface area contributed by atoms with E-state index in [9.17, 15) is 4.79 Å². The zero-order valence-corrected chi connectivity index (χ0v) is 12.0. The van der Waals surface area contributed by atoms with Gasteiger partial charge in [0.15, 0.2) is 0 Å². The molecule has 0 bridgehead atoms. The van der Waals surface area contributed by atoms with Gasteiger partial charge in [0.1, 0.15) is 0 Å². The van der Waals surface area contributed by atoms with Crippen molar-refractivity contribution in [3.63, 3.8) is 0 Å². The van der Waals surface area contributed by atoms with E-state index < -0.39 is 5.41 Å². The number of ether oxygens (including phenoxy) is 1. The van der Waals surface area contributed by atoms with Gasteiger partial charge in [-0.3, -0.25) is 4.79 Å². The third kappa shape index (κ3) is 2.54. The highest BCUT2D eigenvalue weighted by molar-refractivity contribution is 7.16. The maximum absolute atomic E-state index is 12.3. The van der Waals surface area contributed by atoms with Gasteiger partial charge in [0.2, 0.25) is 5.91 Å². The number of rotatable bonds is 3. The summed E-state index contributed by atoms with van der Waals surface area (Å²) in [5.41, 5.74) is 5.28. The quantitative estimate of drug-likeness (QED) is 0.893. The van der Waals surface area contributed by atoms with Gasteiger partial charge in [0.05, 0.1) is 29.0 Å². The van der Waals surface area contributed by atoms with Crippen LogP contribution in [0, 0.1) is 5.41 Å². The molecule has 0 aliphatic carbocycles. The Hall–Kier alpha value is -0.620. The Labute approximate surface area is 115 Å². The summed E-state index contributed by atoms with van der Waals surface area (Å²) in [6.07, 6.45) is 0. The second-order valence-corrected chi connectivity index (χ2v) is 6.62. The standard InChI is InChI=1S/C12H17ClN2O2S/c1-7(8-3-4-10(13)18-8)15-11(16)12(2)6-17-5-9(12)14/h3-4,7,9H,5-6,14H2,1-2H3,(H,15,16). The Bertz CT molecular complexity index is 451. The third-order valence-electron chi connectivity index (χ3n) is 3.40. The summed E-state index contributed by atoms with van der Waals surface area (Å²) in [6.45, 7) is 4.58. The topological polar surface area (TPSA) is 64.3 Å². The zero-order chi connectivity index (χ0) is 13.3. The van der Waals surface area contributed by atoms with E-state index >= 15 is 0 Å². The summed E-state index contributed by atoms with van der Waals surface area (Å²) in [5.74, 6) is -0.0653. The largest absolute Gasteiger partial charge is 0.379 e. The van der Waals surface area contributed by atoms with Crippen LogP contribution in [-0.2, 0) is 9.53 Å². The lowest BCUT2D eigenvalue weighted by Gasteiger charge is -2.27. The van der Waals surface area contributed by atoms with Crippen molar-refractivity contribution in [1.29, 1.82) is 0 Å². The van der Waals surface area contributed by atoms with Crippen molar-refractivity contribution in [1.82, 2.24) is 5.32 Å².